The molecule has 0 amide bonds. The Bertz CT molecular complexity index is 962. The number of Topliss-reactive ketones (excluding diaryl/α,β-unsaturated/α-hetero) is 1. The average molecular weight is 343 g/mol. The van der Waals surface area contributed by atoms with Gasteiger partial charge in [0.2, 0.25) is 5.78 Å². The van der Waals surface area contributed by atoms with Crippen LogP contribution >= 0.6 is 0 Å². The maximum absolute atomic E-state index is 12.8. The van der Waals surface area contributed by atoms with Gasteiger partial charge >= 0.3 is 0 Å². The molecule has 0 fully saturated rings. The summed E-state index contributed by atoms with van der Waals surface area (Å²) in [7, 11) is 0. The number of hydrogen-bond donors (Lipinski definition) is 0. The van der Waals surface area contributed by atoms with Gasteiger partial charge in [-0.25, -0.2) is 0 Å². The molecule has 1 unspecified atom stereocenters. The molecule has 4 heteroatoms. The lowest BCUT2D eigenvalue weighted by atomic mass is 9.91. The van der Waals surface area contributed by atoms with E-state index in [9.17, 15) is 4.79 Å². The van der Waals surface area contributed by atoms with Gasteiger partial charge in [0.05, 0.1) is 30.7 Å². The van der Waals surface area contributed by atoms with Gasteiger partial charge in [0, 0.05) is 5.57 Å². The first-order valence-corrected chi connectivity index (χ1v) is 8.41. The fourth-order valence-electron chi connectivity index (χ4n) is 3.00. The number of carbonyl (C=O) groups is 1. The summed E-state index contributed by atoms with van der Waals surface area (Å²) in [6, 6.07) is 17.1. The molecule has 0 bridgehead atoms. The largest absolute Gasteiger partial charge is 0.463 e. The van der Waals surface area contributed by atoms with Crippen LogP contribution in [0.4, 0.5) is 0 Å². The van der Waals surface area contributed by atoms with Crippen molar-refractivity contribution >= 4 is 11.5 Å². The smallest absolute Gasteiger partial charge is 0.225 e. The highest BCUT2D eigenvalue weighted by molar-refractivity contribution is 6.15. The summed E-state index contributed by atoms with van der Waals surface area (Å²) < 4.78 is 10.9. The molecule has 2 heterocycles. The number of allylic oxidation sites excluding steroid dienone is 4. The fourth-order valence-corrected chi connectivity index (χ4v) is 3.00. The number of hydrogen-bond acceptors (Lipinski definition) is 4. The highest BCUT2D eigenvalue weighted by Gasteiger charge is 2.30. The Balaban J connectivity index is 1.67. The molecule has 4 rings (SSSR count). The molecular formula is C22H17NO3. The van der Waals surface area contributed by atoms with Crippen LogP contribution in [0.5, 0.6) is 0 Å². The Labute approximate surface area is 151 Å². The van der Waals surface area contributed by atoms with Crippen LogP contribution in [0.15, 0.2) is 105 Å². The molecule has 128 valence electrons. The number of aliphatic imine (C=N–C) groups is 1. The molecule has 3 aromatic rings. The predicted molar refractivity (Wildman–Crippen MR) is 99.1 cm³/mol. The minimum Gasteiger partial charge on any atom is -0.463 e. The number of nitrogens with zero attached hydrogens (tertiary/aromatic N) is 1. The molecule has 1 atom stereocenters. The van der Waals surface area contributed by atoms with Gasteiger partial charge < -0.3 is 8.83 Å². The molecule has 0 aliphatic heterocycles. The van der Waals surface area contributed by atoms with Crippen LogP contribution in [-0.2, 0) is 6.54 Å². The predicted octanol–water partition coefficient (Wildman–Crippen LogP) is 4.86. The number of furan rings is 2. The highest BCUT2D eigenvalue weighted by atomic mass is 16.3. The zero-order valence-corrected chi connectivity index (χ0v) is 14.0. The Kier molecular flexibility index (Phi) is 4.48. The molecular weight excluding hydrogens is 326 g/mol. The summed E-state index contributed by atoms with van der Waals surface area (Å²) >= 11 is 0. The third kappa shape index (κ3) is 3.22. The van der Waals surface area contributed by atoms with Crippen molar-refractivity contribution < 1.29 is 13.6 Å². The summed E-state index contributed by atoms with van der Waals surface area (Å²) in [6.07, 6.45) is 8.77. The quantitative estimate of drug-likeness (QED) is 0.474. The van der Waals surface area contributed by atoms with E-state index in [1.54, 1.807) is 18.4 Å². The van der Waals surface area contributed by atoms with E-state index >= 15 is 0 Å². The van der Waals surface area contributed by atoms with E-state index in [1.807, 2.05) is 60.7 Å². The maximum atomic E-state index is 12.8. The highest BCUT2D eigenvalue weighted by Crippen LogP contribution is 2.28. The first kappa shape index (κ1) is 16.1. The maximum Gasteiger partial charge on any atom is 0.225 e. The summed E-state index contributed by atoms with van der Waals surface area (Å²) in [5.74, 6) is 0.592. The third-order valence-corrected chi connectivity index (χ3v) is 4.26. The van der Waals surface area contributed by atoms with Crippen molar-refractivity contribution in [2.45, 2.75) is 6.54 Å². The molecule has 1 aliphatic rings. The van der Waals surface area contributed by atoms with Gasteiger partial charge in [-0.2, -0.15) is 0 Å². The Morgan fingerprint density at radius 1 is 0.923 bits per heavy atom. The van der Waals surface area contributed by atoms with Gasteiger partial charge in [0.25, 0.3) is 0 Å². The van der Waals surface area contributed by atoms with Crippen molar-refractivity contribution in [2.75, 3.05) is 0 Å². The lowest BCUT2D eigenvalue weighted by molar-refractivity contribution is 0.1000. The van der Waals surface area contributed by atoms with Crippen LogP contribution in [0.1, 0.15) is 21.9 Å². The fraction of sp³-hybridized carbons (Fsp3) is 0.0909. The van der Waals surface area contributed by atoms with E-state index in [0.29, 0.717) is 23.6 Å². The van der Waals surface area contributed by atoms with Crippen molar-refractivity contribution in [3.05, 3.63) is 108 Å². The second kappa shape index (κ2) is 7.23. The van der Waals surface area contributed by atoms with Gasteiger partial charge in [-0.3, -0.25) is 9.79 Å². The lowest BCUT2D eigenvalue weighted by Crippen LogP contribution is -2.19. The first-order valence-electron chi connectivity index (χ1n) is 8.41. The van der Waals surface area contributed by atoms with E-state index in [4.69, 9.17) is 13.8 Å². The molecule has 0 saturated heterocycles. The zero-order valence-electron chi connectivity index (χ0n) is 14.0. The molecule has 0 saturated carbocycles. The minimum absolute atomic E-state index is 0.135. The van der Waals surface area contributed by atoms with Crippen molar-refractivity contribution in [1.29, 1.82) is 0 Å². The van der Waals surface area contributed by atoms with Gasteiger partial charge in [-0.1, -0.05) is 48.6 Å². The molecule has 1 aromatic carbocycles. The molecule has 2 aromatic heterocycles. The summed E-state index contributed by atoms with van der Waals surface area (Å²) in [4.78, 5) is 17.6. The SMILES string of the molecule is O=C(C1=CC=CC1C(=NCc1ccccc1)c1ccco1)c1ccco1. The van der Waals surface area contributed by atoms with Gasteiger partial charge in [-0.05, 0) is 29.8 Å². The van der Waals surface area contributed by atoms with Crippen LogP contribution < -0.4 is 0 Å². The minimum atomic E-state index is -0.262. The molecule has 1 aliphatic carbocycles. The van der Waals surface area contributed by atoms with Crippen LogP contribution in [0.25, 0.3) is 0 Å². The van der Waals surface area contributed by atoms with Crippen molar-refractivity contribution in [1.82, 2.24) is 0 Å². The van der Waals surface area contributed by atoms with Crippen molar-refractivity contribution in [3.8, 4) is 0 Å². The first-order chi connectivity index (χ1) is 12.8. The molecule has 0 spiro atoms. The van der Waals surface area contributed by atoms with E-state index < -0.39 is 0 Å². The number of carbonyl (C=O) groups excluding carboxylic acids is 1. The van der Waals surface area contributed by atoms with E-state index in [2.05, 4.69) is 0 Å². The second-order valence-corrected chi connectivity index (χ2v) is 5.96. The monoisotopic (exact) mass is 343 g/mol. The van der Waals surface area contributed by atoms with E-state index in [-0.39, 0.29) is 11.7 Å². The van der Waals surface area contributed by atoms with Crippen molar-refractivity contribution in [3.63, 3.8) is 0 Å². The Hall–Kier alpha value is -3.40. The number of ketones is 1. The Morgan fingerprint density at radius 3 is 2.35 bits per heavy atom. The Morgan fingerprint density at radius 2 is 1.65 bits per heavy atom. The topological polar surface area (TPSA) is 55.7 Å². The van der Waals surface area contributed by atoms with E-state index in [0.717, 1.165) is 11.3 Å². The van der Waals surface area contributed by atoms with Crippen LogP contribution in [0.3, 0.4) is 0 Å². The lowest BCUT2D eigenvalue weighted by Gasteiger charge is -2.14. The van der Waals surface area contributed by atoms with Gasteiger partial charge in [0.1, 0.15) is 5.76 Å². The average Bonchev–Trinajstić information content (AvgIpc) is 3.44. The van der Waals surface area contributed by atoms with Crippen LogP contribution in [-0.4, -0.2) is 11.5 Å². The third-order valence-electron chi connectivity index (χ3n) is 4.26. The van der Waals surface area contributed by atoms with Gasteiger partial charge in [0.15, 0.2) is 5.76 Å². The van der Waals surface area contributed by atoms with Crippen LogP contribution in [0.2, 0.25) is 0 Å². The normalized spacial score (nSPS) is 16.7. The summed E-state index contributed by atoms with van der Waals surface area (Å²) in [5, 5.41) is 0. The standard InChI is InChI=1S/C22H17NO3/c24-22(20-12-6-14-26-20)18-10-4-9-17(18)21(19-11-5-13-25-19)23-15-16-7-2-1-3-8-16/h1-14,17H,15H2. The van der Waals surface area contributed by atoms with Gasteiger partial charge in [-0.15, -0.1) is 0 Å². The molecule has 26 heavy (non-hydrogen) atoms. The number of benzene rings is 1. The molecule has 0 radical (unpaired) electrons. The van der Waals surface area contributed by atoms with Crippen LogP contribution in [0, 0.1) is 5.92 Å². The zero-order chi connectivity index (χ0) is 17.8. The summed E-state index contributed by atoms with van der Waals surface area (Å²) in [6.45, 7) is 0.517. The molecule has 4 nitrogen and oxygen atoms in total. The number of rotatable bonds is 6. The second-order valence-electron chi connectivity index (χ2n) is 5.96. The van der Waals surface area contributed by atoms with Crippen molar-refractivity contribution in [2.24, 2.45) is 10.9 Å². The molecule has 0 N–H and O–H groups in total. The van der Waals surface area contributed by atoms with E-state index in [1.165, 1.54) is 6.26 Å². The summed E-state index contributed by atoms with van der Waals surface area (Å²) in [5.41, 5.74) is 2.46.